The Morgan fingerprint density at radius 2 is 2.17 bits per heavy atom. The molecule has 0 atom stereocenters. The first-order valence-electron chi connectivity index (χ1n) is 8.64. The lowest BCUT2D eigenvalue weighted by atomic mass is 10.0. The number of para-hydroxylation sites is 2. The van der Waals surface area contributed by atoms with E-state index < -0.39 is 18.0 Å². The molecule has 1 aromatic heterocycles. The summed E-state index contributed by atoms with van der Waals surface area (Å²) in [6.45, 7) is 1.56. The molecule has 2 aromatic rings. The number of thioether (sulfide) groups is 1. The normalized spacial score (nSPS) is 14.0. The highest BCUT2D eigenvalue weighted by Crippen LogP contribution is 2.31. The minimum atomic E-state index is -4.86. The van der Waals surface area contributed by atoms with Crippen LogP contribution in [-0.4, -0.2) is 41.5 Å². The van der Waals surface area contributed by atoms with Gasteiger partial charge >= 0.3 is 6.36 Å². The number of nitriles is 1. The van der Waals surface area contributed by atoms with Gasteiger partial charge in [0.25, 0.3) is 0 Å². The number of ether oxygens (including phenoxy) is 1. The molecule has 152 valence electrons. The van der Waals surface area contributed by atoms with E-state index >= 15 is 0 Å². The van der Waals surface area contributed by atoms with E-state index in [1.54, 1.807) is 6.07 Å². The lowest BCUT2D eigenvalue weighted by Gasteiger charge is -2.24. The van der Waals surface area contributed by atoms with Crippen LogP contribution < -0.4 is 10.1 Å². The number of benzene rings is 1. The lowest BCUT2D eigenvalue weighted by Crippen LogP contribution is -2.27. The van der Waals surface area contributed by atoms with Gasteiger partial charge in [-0.1, -0.05) is 23.9 Å². The maximum absolute atomic E-state index is 12.5. The average molecular weight is 422 g/mol. The molecule has 1 amide bonds. The second-order valence-electron chi connectivity index (χ2n) is 6.43. The van der Waals surface area contributed by atoms with Gasteiger partial charge in [0.05, 0.1) is 17.0 Å². The number of pyridine rings is 1. The van der Waals surface area contributed by atoms with E-state index in [-0.39, 0.29) is 11.4 Å². The number of nitrogens with zero attached hydrogens (tertiary/aromatic N) is 3. The molecular weight excluding hydrogens is 405 g/mol. The van der Waals surface area contributed by atoms with E-state index in [4.69, 9.17) is 0 Å². The van der Waals surface area contributed by atoms with Gasteiger partial charge in [0.1, 0.15) is 11.1 Å². The smallest absolute Gasteiger partial charge is 0.404 e. The number of fused-ring (bicyclic) bond motifs is 1. The molecule has 0 fully saturated rings. The summed E-state index contributed by atoms with van der Waals surface area (Å²) in [5, 5.41) is 12.2. The molecule has 1 aliphatic rings. The van der Waals surface area contributed by atoms with Crippen LogP contribution in [0.25, 0.3) is 0 Å². The third-order valence-electron chi connectivity index (χ3n) is 4.17. The van der Waals surface area contributed by atoms with Gasteiger partial charge in [0, 0.05) is 25.2 Å². The van der Waals surface area contributed by atoms with Crippen LogP contribution in [0.15, 0.2) is 35.4 Å². The zero-order valence-corrected chi connectivity index (χ0v) is 16.2. The van der Waals surface area contributed by atoms with Gasteiger partial charge in [-0.05, 0) is 30.8 Å². The molecule has 0 saturated carbocycles. The number of halogens is 3. The number of anilines is 1. The third-order valence-corrected chi connectivity index (χ3v) is 5.17. The van der Waals surface area contributed by atoms with Crippen LogP contribution in [0.3, 0.4) is 0 Å². The number of aromatic nitrogens is 1. The molecule has 1 aliphatic heterocycles. The summed E-state index contributed by atoms with van der Waals surface area (Å²) in [7, 11) is 1.99. The maximum atomic E-state index is 12.5. The number of amides is 1. The molecule has 0 bridgehead atoms. The zero-order chi connectivity index (χ0) is 21.0. The molecule has 0 radical (unpaired) electrons. The summed E-state index contributed by atoms with van der Waals surface area (Å²) in [4.78, 5) is 18.9. The van der Waals surface area contributed by atoms with Crippen molar-refractivity contribution in [2.24, 2.45) is 0 Å². The van der Waals surface area contributed by atoms with Gasteiger partial charge in [0.2, 0.25) is 5.91 Å². The number of hydrogen-bond acceptors (Lipinski definition) is 6. The second kappa shape index (κ2) is 8.71. The fourth-order valence-corrected chi connectivity index (χ4v) is 3.66. The van der Waals surface area contributed by atoms with Crippen molar-refractivity contribution in [3.05, 3.63) is 47.2 Å². The Labute approximate surface area is 169 Å². The van der Waals surface area contributed by atoms with Crippen molar-refractivity contribution in [2.75, 3.05) is 24.7 Å². The number of carbonyl (C=O) groups is 1. The summed E-state index contributed by atoms with van der Waals surface area (Å²) in [6.07, 6.45) is -4.11. The summed E-state index contributed by atoms with van der Waals surface area (Å²) in [5.74, 6) is -1.13. The highest BCUT2D eigenvalue weighted by Gasteiger charge is 2.32. The largest absolute Gasteiger partial charge is 0.573 e. The monoisotopic (exact) mass is 422 g/mol. The Hall–Kier alpha value is -2.77. The molecule has 10 heteroatoms. The predicted molar refractivity (Wildman–Crippen MR) is 101 cm³/mol. The Morgan fingerprint density at radius 1 is 1.41 bits per heavy atom. The van der Waals surface area contributed by atoms with Crippen LogP contribution in [0.5, 0.6) is 5.75 Å². The Morgan fingerprint density at radius 3 is 2.90 bits per heavy atom. The first-order valence-corrected chi connectivity index (χ1v) is 9.62. The summed E-state index contributed by atoms with van der Waals surface area (Å²) in [6, 6.07) is 9.17. The van der Waals surface area contributed by atoms with E-state index in [1.165, 1.54) is 18.2 Å². The fraction of sp³-hybridized carbons (Fsp3) is 0.316. The van der Waals surface area contributed by atoms with Gasteiger partial charge < -0.3 is 15.0 Å². The summed E-state index contributed by atoms with van der Waals surface area (Å²) in [5.41, 5.74) is 2.17. The first-order chi connectivity index (χ1) is 13.7. The van der Waals surface area contributed by atoms with Crippen LogP contribution in [0.1, 0.15) is 16.8 Å². The van der Waals surface area contributed by atoms with E-state index in [0.717, 1.165) is 42.1 Å². The number of alkyl halides is 3. The van der Waals surface area contributed by atoms with Gasteiger partial charge in [-0.2, -0.15) is 5.26 Å². The maximum Gasteiger partial charge on any atom is 0.573 e. The molecule has 3 rings (SSSR count). The van der Waals surface area contributed by atoms with Crippen molar-refractivity contribution in [1.82, 2.24) is 9.88 Å². The van der Waals surface area contributed by atoms with E-state index in [2.05, 4.69) is 26.0 Å². The van der Waals surface area contributed by atoms with Crippen LogP contribution in [0.2, 0.25) is 0 Å². The van der Waals surface area contributed by atoms with Gasteiger partial charge in [-0.25, -0.2) is 4.98 Å². The van der Waals surface area contributed by atoms with Crippen molar-refractivity contribution in [2.45, 2.75) is 24.4 Å². The minimum absolute atomic E-state index is 0.0858. The highest BCUT2D eigenvalue weighted by atomic mass is 32.2. The topological polar surface area (TPSA) is 78.2 Å². The van der Waals surface area contributed by atoms with Crippen LogP contribution >= 0.6 is 11.8 Å². The van der Waals surface area contributed by atoms with E-state index in [9.17, 15) is 23.2 Å². The molecule has 2 heterocycles. The van der Waals surface area contributed by atoms with Crippen LogP contribution in [0, 0.1) is 11.3 Å². The van der Waals surface area contributed by atoms with Crippen LogP contribution in [-0.2, 0) is 17.8 Å². The summed E-state index contributed by atoms with van der Waals surface area (Å²) < 4.78 is 41.4. The van der Waals surface area contributed by atoms with Crippen molar-refractivity contribution in [3.8, 4) is 11.8 Å². The predicted octanol–water partition coefficient (Wildman–Crippen LogP) is 3.57. The minimum Gasteiger partial charge on any atom is -0.404 e. The Kier molecular flexibility index (Phi) is 6.30. The van der Waals surface area contributed by atoms with Gasteiger partial charge in [-0.3, -0.25) is 4.79 Å². The number of carbonyl (C=O) groups excluding carboxylic acids is 1. The first kappa shape index (κ1) is 21.0. The molecule has 6 nitrogen and oxygen atoms in total. The van der Waals surface area contributed by atoms with E-state index in [0.29, 0.717) is 17.1 Å². The number of likely N-dealkylation sites (N-methyl/N-ethyl adjacent to an activating group) is 1. The third kappa shape index (κ3) is 5.62. The van der Waals surface area contributed by atoms with Gasteiger partial charge in [0.15, 0.2) is 5.75 Å². The molecule has 0 saturated heterocycles. The van der Waals surface area contributed by atoms with Crippen molar-refractivity contribution in [1.29, 1.82) is 5.26 Å². The highest BCUT2D eigenvalue weighted by molar-refractivity contribution is 8.00. The number of hydrogen-bond donors (Lipinski definition) is 1. The van der Waals surface area contributed by atoms with E-state index in [1.807, 2.05) is 7.05 Å². The average Bonchev–Trinajstić information content (AvgIpc) is 2.66. The molecule has 0 aliphatic carbocycles. The summed E-state index contributed by atoms with van der Waals surface area (Å²) >= 11 is 1.07. The molecule has 1 aromatic carbocycles. The van der Waals surface area contributed by atoms with Crippen LogP contribution in [0.4, 0.5) is 18.9 Å². The Balaban J connectivity index is 1.68. The molecule has 0 spiro atoms. The Bertz CT molecular complexity index is 959. The number of rotatable bonds is 5. The molecule has 29 heavy (non-hydrogen) atoms. The molecule has 0 unspecified atom stereocenters. The fourth-order valence-electron chi connectivity index (χ4n) is 2.89. The second-order valence-corrected chi connectivity index (χ2v) is 7.39. The number of nitrogens with one attached hydrogen (secondary N) is 1. The van der Waals surface area contributed by atoms with Gasteiger partial charge in [-0.15, -0.1) is 13.2 Å². The zero-order valence-electron chi connectivity index (χ0n) is 15.4. The molecule has 1 N–H and O–H groups in total. The van der Waals surface area contributed by atoms with Crippen molar-refractivity contribution < 1.29 is 22.7 Å². The van der Waals surface area contributed by atoms with Crippen molar-refractivity contribution in [3.63, 3.8) is 0 Å². The quantitative estimate of drug-likeness (QED) is 0.743. The lowest BCUT2D eigenvalue weighted by molar-refractivity contribution is -0.274. The molecular formula is C19H17F3N4O2S. The SMILES string of the molecule is CN1CCc2nc(SCC(=O)Nc3ccccc3OC(F)(F)F)c(C#N)cc2C1. The van der Waals surface area contributed by atoms with Crippen molar-refractivity contribution >= 4 is 23.4 Å². The standard InChI is InChI=1S/C19H17F3N4O2S/c1-26-7-6-14-13(10-26)8-12(9-23)18(25-14)29-11-17(27)24-15-4-2-3-5-16(15)28-19(20,21)22/h2-5,8H,6-7,10-11H2,1H3,(H,24,27).